The molecule has 1 unspecified atom stereocenters. The van der Waals surface area contributed by atoms with Crippen LogP contribution in [0.25, 0.3) is 0 Å². The highest BCUT2D eigenvalue weighted by atomic mass is 79.9. The minimum atomic E-state index is -0.655. The molecule has 0 saturated heterocycles. The molecule has 14 heavy (non-hydrogen) atoms. The lowest BCUT2D eigenvalue weighted by molar-refractivity contribution is 0.265. The zero-order valence-corrected chi connectivity index (χ0v) is 9.51. The van der Waals surface area contributed by atoms with E-state index in [1.165, 1.54) is 0 Å². The van der Waals surface area contributed by atoms with Gasteiger partial charge in [-0.15, -0.1) is 0 Å². The van der Waals surface area contributed by atoms with Crippen LogP contribution in [0.15, 0.2) is 16.6 Å². The Morgan fingerprint density at radius 3 is 2.71 bits per heavy atom. The largest absolute Gasteiger partial charge is 0.394 e. The molecule has 0 bridgehead atoms. The molecule has 78 valence electrons. The average Bonchev–Trinajstić information content (AvgIpc) is 2.20. The summed E-state index contributed by atoms with van der Waals surface area (Å²) >= 11 is 3.12. The zero-order chi connectivity index (χ0) is 10.7. The number of rotatable bonds is 3. The molecular formula is C10H13BrFNO. The van der Waals surface area contributed by atoms with Crippen LogP contribution >= 0.6 is 15.9 Å². The van der Waals surface area contributed by atoms with Gasteiger partial charge in [0.15, 0.2) is 0 Å². The van der Waals surface area contributed by atoms with Gasteiger partial charge in [-0.3, -0.25) is 0 Å². The lowest BCUT2D eigenvalue weighted by atomic mass is 10.0. The quantitative estimate of drug-likeness (QED) is 0.876. The van der Waals surface area contributed by atoms with Crippen molar-refractivity contribution in [2.24, 2.45) is 5.73 Å². The Morgan fingerprint density at radius 2 is 2.21 bits per heavy atom. The van der Waals surface area contributed by atoms with Crippen molar-refractivity contribution in [3.8, 4) is 0 Å². The Hall–Kier alpha value is -0.450. The van der Waals surface area contributed by atoms with Gasteiger partial charge in [0.05, 0.1) is 17.1 Å². The van der Waals surface area contributed by atoms with Crippen LogP contribution in [0.2, 0.25) is 0 Å². The van der Waals surface area contributed by atoms with E-state index < -0.39 is 6.04 Å². The summed E-state index contributed by atoms with van der Waals surface area (Å²) in [6, 6.07) is 2.77. The van der Waals surface area contributed by atoms with Gasteiger partial charge in [0.1, 0.15) is 5.82 Å². The van der Waals surface area contributed by atoms with Gasteiger partial charge < -0.3 is 10.8 Å². The van der Waals surface area contributed by atoms with E-state index in [1.54, 1.807) is 12.1 Å². The van der Waals surface area contributed by atoms with Crippen LogP contribution in [0.5, 0.6) is 0 Å². The van der Waals surface area contributed by atoms with Crippen molar-refractivity contribution in [3.05, 3.63) is 33.5 Å². The van der Waals surface area contributed by atoms with Crippen LogP contribution in [-0.4, -0.2) is 11.7 Å². The predicted octanol–water partition coefficient (Wildman–Crippen LogP) is 2.14. The van der Waals surface area contributed by atoms with Gasteiger partial charge in [-0.1, -0.05) is 13.0 Å². The lowest BCUT2D eigenvalue weighted by Crippen LogP contribution is -2.16. The number of aliphatic hydroxyl groups is 1. The molecule has 4 heteroatoms. The summed E-state index contributed by atoms with van der Waals surface area (Å²) < 4.78 is 13.9. The van der Waals surface area contributed by atoms with Gasteiger partial charge in [0.25, 0.3) is 0 Å². The van der Waals surface area contributed by atoms with E-state index in [4.69, 9.17) is 10.8 Å². The maximum atomic E-state index is 13.5. The van der Waals surface area contributed by atoms with Crippen molar-refractivity contribution in [2.75, 3.05) is 6.61 Å². The third kappa shape index (κ3) is 2.32. The Labute approximate surface area is 91.1 Å². The summed E-state index contributed by atoms with van der Waals surface area (Å²) in [5.74, 6) is -0.385. The third-order valence-electron chi connectivity index (χ3n) is 2.12. The number of halogens is 2. The maximum Gasteiger partial charge on any atom is 0.142 e. The van der Waals surface area contributed by atoms with E-state index in [0.717, 1.165) is 12.0 Å². The van der Waals surface area contributed by atoms with Crippen LogP contribution in [0.1, 0.15) is 24.1 Å². The standard InChI is InChI=1S/C10H13BrFNO/c1-2-6-3-7(9(13)5-14)10(12)8(11)4-6/h3-4,9,14H,2,5,13H2,1H3. The lowest BCUT2D eigenvalue weighted by Gasteiger charge is -2.12. The zero-order valence-electron chi connectivity index (χ0n) is 7.93. The van der Waals surface area contributed by atoms with Crippen molar-refractivity contribution < 1.29 is 9.50 Å². The van der Waals surface area contributed by atoms with E-state index in [-0.39, 0.29) is 12.4 Å². The molecule has 0 heterocycles. The highest BCUT2D eigenvalue weighted by Gasteiger charge is 2.14. The van der Waals surface area contributed by atoms with Crippen LogP contribution in [0, 0.1) is 5.82 Å². The summed E-state index contributed by atoms with van der Waals surface area (Å²) in [7, 11) is 0. The number of benzene rings is 1. The maximum absolute atomic E-state index is 13.5. The first-order valence-electron chi connectivity index (χ1n) is 4.44. The van der Waals surface area contributed by atoms with E-state index in [0.29, 0.717) is 10.0 Å². The Bertz CT molecular complexity index is 330. The van der Waals surface area contributed by atoms with Gasteiger partial charge in [0, 0.05) is 5.56 Å². The van der Waals surface area contributed by atoms with Crippen molar-refractivity contribution >= 4 is 15.9 Å². The van der Waals surface area contributed by atoms with Gasteiger partial charge in [-0.05, 0) is 34.0 Å². The van der Waals surface area contributed by atoms with Crippen LogP contribution in [0.3, 0.4) is 0 Å². The molecule has 2 nitrogen and oxygen atoms in total. The average molecular weight is 262 g/mol. The fourth-order valence-corrected chi connectivity index (χ4v) is 1.76. The number of hydrogen-bond donors (Lipinski definition) is 2. The Kier molecular flexibility index (Phi) is 4.04. The Balaban J connectivity index is 3.20. The summed E-state index contributed by atoms with van der Waals surface area (Å²) in [6.45, 7) is 1.73. The molecule has 1 aromatic rings. The van der Waals surface area contributed by atoms with Crippen molar-refractivity contribution in [1.82, 2.24) is 0 Å². The van der Waals surface area contributed by atoms with E-state index >= 15 is 0 Å². The molecule has 0 aliphatic heterocycles. The molecule has 0 aliphatic rings. The molecule has 0 radical (unpaired) electrons. The fourth-order valence-electron chi connectivity index (χ4n) is 1.24. The van der Waals surface area contributed by atoms with Crippen LogP contribution in [-0.2, 0) is 6.42 Å². The van der Waals surface area contributed by atoms with E-state index in [9.17, 15) is 4.39 Å². The highest BCUT2D eigenvalue weighted by molar-refractivity contribution is 9.10. The number of hydrogen-bond acceptors (Lipinski definition) is 2. The number of aliphatic hydroxyl groups excluding tert-OH is 1. The van der Waals surface area contributed by atoms with E-state index in [1.807, 2.05) is 6.92 Å². The molecule has 3 N–H and O–H groups in total. The minimum absolute atomic E-state index is 0.253. The SMILES string of the molecule is CCc1cc(Br)c(F)c(C(N)CO)c1. The third-order valence-corrected chi connectivity index (χ3v) is 2.70. The molecule has 1 rings (SSSR count). The number of aryl methyl sites for hydroxylation is 1. The van der Waals surface area contributed by atoms with Crippen molar-refractivity contribution in [2.45, 2.75) is 19.4 Å². The van der Waals surface area contributed by atoms with Crippen LogP contribution in [0.4, 0.5) is 4.39 Å². The van der Waals surface area contributed by atoms with Gasteiger partial charge in [0.2, 0.25) is 0 Å². The molecule has 0 aromatic heterocycles. The summed E-state index contributed by atoms with van der Waals surface area (Å²) in [5.41, 5.74) is 6.93. The molecule has 1 atom stereocenters. The second-order valence-corrected chi connectivity index (χ2v) is 3.98. The first kappa shape index (κ1) is 11.6. The second kappa shape index (κ2) is 4.87. The molecule has 0 aliphatic carbocycles. The topological polar surface area (TPSA) is 46.2 Å². The summed E-state index contributed by atoms with van der Waals surface area (Å²) in [4.78, 5) is 0. The molecule has 0 saturated carbocycles. The van der Waals surface area contributed by atoms with E-state index in [2.05, 4.69) is 15.9 Å². The molecule has 1 aromatic carbocycles. The fraction of sp³-hybridized carbons (Fsp3) is 0.400. The minimum Gasteiger partial charge on any atom is -0.394 e. The molecule has 0 spiro atoms. The van der Waals surface area contributed by atoms with Gasteiger partial charge >= 0.3 is 0 Å². The molecular weight excluding hydrogens is 249 g/mol. The second-order valence-electron chi connectivity index (χ2n) is 3.12. The van der Waals surface area contributed by atoms with Gasteiger partial charge in [-0.2, -0.15) is 0 Å². The first-order chi connectivity index (χ1) is 6.60. The Morgan fingerprint density at radius 1 is 1.57 bits per heavy atom. The highest BCUT2D eigenvalue weighted by Crippen LogP contribution is 2.25. The smallest absolute Gasteiger partial charge is 0.142 e. The van der Waals surface area contributed by atoms with Crippen molar-refractivity contribution in [3.63, 3.8) is 0 Å². The predicted molar refractivity (Wildman–Crippen MR) is 57.5 cm³/mol. The summed E-state index contributed by atoms with van der Waals surface area (Å²) in [5, 5.41) is 8.86. The normalized spacial score (nSPS) is 12.9. The van der Waals surface area contributed by atoms with Crippen molar-refractivity contribution in [1.29, 1.82) is 0 Å². The monoisotopic (exact) mass is 261 g/mol. The molecule has 0 fully saturated rings. The first-order valence-corrected chi connectivity index (χ1v) is 5.23. The van der Waals surface area contributed by atoms with Gasteiger partial charge in [-0.25, -0.2) is 4.39 Å². The summed E-state index contributed by atoms with van der Waals surface area (Å²) in [6.07, 6.45) is 0.810. The number of nitrogens with two attached hydrogens (primary N) is 1. The van der Waals surface area contributed by atoms with Crippen LogP contribution < -0.4 is 5.73 Å². The molecule has 0 amide bonds.